The van der Waals surface area contributed by atoms with Crippen LogP contribution in [0, 0.1) is 5.41 Å². The number of benzene rings is 3. The molecule has 0 bridgehead atoms. The molecule has 1 heterocycles. The lowest BCUT2D eigenvalue weighted by Gasteiger charge is -2.34. The monoisotopic (exact) mass is 571 g/mol. The fraction of sp³-hybridized carbons (Fsp3) is 0.353. The second kappa shape index (κ2) is 11.8. The van der Waals surface area contributed by atoms with Gasteiger partial charge in [0.25, 0.3) is 0 Å². The number of nitrogens with zero attached hydrogens (tertiary/aromatic N) is 1. The first-order valence-electron chi connectivity index (χ1n) is 14.3. The zero-order valence-electron chi connectivity index (χ0n) is 24.4. The summed E-state index contributed by atoms with van der Waals surface area (Å²) >= 11 is 0. The van der Waals surface area contributed by atoms with Gasteiger partial charge in [-0.15, -0.1) is 0 Å². The van der Waals surface area contributed by atoms with Gasteiger partial charge in [-0.1, -0.05) is 13.8 Å². The summed E-state index contributed by atoms with van der Waals surface area (Å²) in [6, 6.07) is 19.7. The summed E-state index contributed by atoms with van der Waals surface area (Å²) < 4.78 is 19.6. The van der Waals surface area contributed by atoms with E-state index in [9.17, 15) is 19.8 Å². The van der Waals surface area contributed by atoms with Crippen LogP contribution in [0.15, 0.2) is 66.7 Å². The number of aromatic carboxylic acids is 1. The molecule has 1 fully saturated rings. The smallest absolute Gasteiger partial charge is 0.338 e. The highest BCUT2D eigenvalue weighted by Gasteiger charge is 2.28. The maximum Gasteiger partial charge on any atom is 0.338 e. The van der Waals surface area contributed by atoms with Gasteiger partial charge in [-0.2, -0.15) is 0 Å². The number of hydrogen-bond donors (Lipinski definition) is 2. The van der Waals surface area contributed by atoms with Crippen molar-refractivity contribution < 1.29 is 34.0 Å². The van der Waals surface area contributed by atoms with Crippen molar-refractivity contribution in [3.8, 4) is 28.7 Å². The Bertz CT molecular complexity index is 1570. The van der Waals surface area contributed by atoms with Crippen LogP contribution < -0.4 is 14.2 Å². The molecule has 8 heteroatoms. The molecule has 0 amide bonds. The second-order valence-corrected chi connectivity index (χ2v) is 11.9. The summed E-state index contributed by atoms with van der Waals surface area (Å²) in [6.07, 6.45) is 3.99. The van der Waals surface area contributed by atoms with Crippen molar-refractivity contribution in [1.82, 2.24) is 4.57 Å². The van der Waals surface area contributed by atoms with Gasteiger partial charge in [-0.05, 0) is 112 Å². The Hall–Kier alpha value is -4.46. The fourth-order valence-corrected chi connectivity index (χ4v) is 5.58. The van der Waals surface area contributed by atoms with Gasteiger partial charge in [0.1, 0.15) is 23.0 Å². The summed E-state index contributed by atoms with van der Waals surface area (Å²) in [6.45, 7) is 8.47. The van der Waals surface area contributed by atoms with E-state index in [1.54, 1.807) is 47.0 Å². The number of aliphatic carboxylic acids is 1. The molecule has 1 aliphatic rings. The quantitative estimate of drug-likeness (QED) is 0.199. The molecule has 0 radical (unpaired) electrons. The highest BCUT2D eigenvalue weighted by Crippen LogP contribution is 2.38. The number of fused-ring (bicyclic) bond motifs is 1. The van der Waals surface area contributed by atoms with E-state index in [1.165, 1.54) is 0 Å². The topological polar surface area (TPSA) is 107 Å². The van der Waals surface area contributed by atoms with Crippen LogP contribution in [0.3, 0.4) is 0 Å². The van der Waals surface area contributed by atoms with Gasteiger partial charge in [0.05, 0.1) is 29.7 Å². The van der Waals surface area contributed by atoms with Crippen LogP contribution in [0.25, 0.3) is 16.6 Å². The molecule has 42 heavy (non-hydrogen) atoms. The molecule has 5 rings (SSSR count). The molecule has 0 spiro atoms. The predicted molar refractivity (Wildman–Crippen MR) is 161 cm³/mol. The third kappa shape index (κ3) is 6.54. The van der Waals surface area contributed by atoms with E-state index >= 15 is 0 Å². The number of rotatable bonds is 10. The van der Waals surface area contributed by atoms with E-state index in [1.807, 2.05) is 38.1 Å². The molecule has 1 saturated carbocycles. The van der Waals surface area contributed by atoms with Crippen molar-refractivity contribution >= 4 is 22.8 Å². The molecule has 0 aliphatic heterocycles. The number of aromatic nitrogens is 1. The number of carbonyl (C=O) groups is 2. The normalized spacial score (nSPS) is 15.1. The van der Waals surface area contributed by atoms with Crippen LogP contribution in [-0.2, 0) is 11.2 Å². The zero-order valence-corrected chi connectivity index (χ0v) is 24.4. The molecule has 1 aromatic heterocycles. The Labute approximate surface area is 245 Å². The highest BCUT2D eigenvalue weighted by molar-refractivity contribution is 6.07. The molecular formula is C34H37NO7. The van der Waals surface area contributed by atoms with Crippen molar-refractivity contribution in [2.45, 2.75) is 72.0 Å². The van der Waals surface area contributed by atoms with Gasteiger partial charge >= 0.3 is 11.9 Å². The Morgan fingerprint density at radius 2 is 1.48 bits per heavy atom. The van der Waals surface area contributed by atoms with Gasteiger partial charge in [0.15, 0.2) is 0 Å². The summed E-state index contributed by atoms with van der Waals surface area (Å²) in [5.74, 6) is 0.115. The van der Waals surface area contributed by atoms with Gasteiger partial charge in [-0.3, -0.25) is 4.79 Å². The number of carboxylic acids is 2. The lowest BCUT2D eigenvalue weighted by Crippen LogP contribution is -2.28. The van der Waals surface area contributed by atoms with Crippen LogP contribution in [-0.4, -0.2) is 38.9 Å². The molecule has 0 unspecified atom stereocenters. The maximum absolute atomic E-state index is 12.5. The Morgan fingerprint density at radius 1 is 0.881 bits per heavy atom. The van der Waals surface area contributed by atoms with Crippen LogP contribution in [0.1, 0.15) is 69.4 Å². The predicted octanol–water partition coefficient (Wildman–Crippen LogP) is 7.88. The Kier molecular flexibility index (Phi) is 8.16. The van der Waals surface area contributed by atoms with Gasteiger partial charge in [-0.25, -0.2) is 4.79 Å². The molecule has 1 aliphatic carbocycles. The molecule has 8 nitrogen and oxygen atoms in total. The molecule has 220 valence electrons. The summed E-state index contributed by atoms with van der Waals surface area (Å²) in [4.78, 5) is 24.4. The Morgan fingerprint density at radius 3 is 2.07 bits per heavy atom. The average Bonchev–Trinajstić information content (AvgIpc) is 3.23. The number of carboxylic acid groups (broad SMARTS) is 2. The standard InChI is InChI=1S/C34H37NO7/c1-21(2)40-23-9-11-25(12-10-23)42-27-13-14-29-28(19-27)32(33(38)39)30(20-31(36)37)35(29)22-5-7-24(8-6-22)41-26-15-17-34(3,4)18-16-26/h5-14,19,21,26H,15-18,20H2,1-4H3,(H,36,37)(H,38,39). The molecular weight excluding hydrogens is 534 g/mol. The van der Waals surface area contributed by atoms with E-state index in [0.29, 0.717) is 33.5 Å². The number of hydrogen-bond acceptors (Lipinski definition) is 5. The molecule has 4 aromatic rings. The van der Waals surface area contributed by atoms with Crippen molar-refractivity contribution in [1.29, 1.82) is 0 Å². The fourth-order valence-electron chi connectivity index (χ4n) is 5.58. The first kappa shape index (κ1) is 29.0. The average molecular weight is 572 g/mol. The molecule has 0 atom stereocenters. The van der Waals surface area contributed by atoms with Crippen LogP contribution in [0.5, 0.6) is 23.0 Å². The van der Waals surface area contributed by atoms with Crippen LogP contribution >= 0.6 is 0 Å². The second-order valence-electron chi connectivity index (χ2n) is 11.9. The summed E-state index contributed by atoms with van der Waals surface area (Å²) in [7, 11) is 0. The van der Waals surface area contributed by atoms with Gasteiger partial charge < -0.3 is 29.0 Å². The minimum atomic E-state index is -1.21. The first-order chi connectivity index (χ1) is 20.0. The van der Waals surface area contributed by atoms with Gasteiger partial charge in [0.2, 0.25) is 0 Å². The van der Waals surface area contributed by atoms with E-state index in [0.717, 1.165) is 37.2 Å². The van der Waals surface area contributed by atoms with Crippen LogP contribution in [0.2, 0.25) is 0 Å². The lowest BCUT2D eigenvalue weighted by atomic mass is 9.76. The van der Waals surface area contributed by atoms with E-state index < -0.39 is 18.4 Å². The van der Waals surface area contributed by atoms with Gasteiger partial charge in [0, 0.05) is 16.8 Å². The maximum atomic E-state index is 12.5. The van der Waals surface area contributed by atoms with Crippen molar-refractivity contribution in [2.24, 2.45) is 5.41 Å². The number of ether oxygens (including phenoxy) is 3. The molecule has 2 N–H and O–H groups in total. The van der Waals surface area contributed by atoms with Crippen molar-refractivity contribution in [3.63, 3.8) is 0 Å². The zero-order chi connectivity index (χ0) is 30.0. The molecule has 0 saturated heterocycles. The van der Waals surface area contributed by atoms with Crippen molar-refractivity contribution in [3.05, 3.63) is 78.0 Å². The molecule has 3 aromatic carbocycles. The lowest BCUT2D eigenvalue weighted by molar-refractivity contribution is -0.136. The first-order valence-corrected chi connectivity index (χ1v) is 14.3. The third-order valence-electron chi connectivity index (χ3n) is 7.68. The van der Waals surface area contributed by atoms with Crippen LogP contribution in [0.4, 0.5) is 0 Å². The SMILES string of the molecule is CC(C)Oc1ccc(Oc2ccc3c(c2)c(C(=O)O)c(CC(=O)O)n3-c2ccc(OC3CCC(C)(C)CC3)cc2)cc1. The van der Waals surface area contributed by atoms with E-state index in [-0.39, 0.29) is 23.5 Å². The minimum Gasteiger partial charge on any atom is -0.491 e. The highest BCUT2D eigenvalue weighted by atomic mass is 16.5. The summed E-state index contributed by atoms with van der Waals surface area (Å²) in [5.41, 5.74) is 1.68. The summed E-state index contributed by atoms with van der Waals surface area (Å²) in [5, 5.41) is 20.3. The van der Waals surface area contributed by atoms with Crippen molar-refractivity contribution in [2.75, 3.05) is 0 Å². The third-order valence-corrected chi connectivity index (χ3v) is 7.68. The Balaban J connectivity index is 1.47. The van der Waals surface area contributed by atoms with E-state index in [2.05, 4.69) is 13.8 Å². The minimum absolute atomic E-state index is 0.0471. The van der Waals surface area contributed by atoms with E-state index in [4.69, 9.17) is 14.2 Å². The largest absolute Gasteiger partial charge is 0.491 e.